The number of hydrogen-bond donors (Lipinski definition) is 2. The molecule has 1 heterocycles. The highest BCUT2D eigenvalue weighted by Crippen LogP contribution is 2.25. The van der Waals surface area contributed by atoms with Crippen molar-refractivity contribution in [2.75, 3.05) is 16.8 Å². The van der Waals surface area contributed by atoms with Crippen LogP contribution in [0.5, 0.6) is 0 Å². The van der Waals surface area contributed by atoms with Crippen molar-refractivity contribution in [1.29, 1.82) is 0 Å². The van der Waals surface area contributed by atoms with Crippen LogP contribution in [-0.4, -0.2) is 31.1 Å². The Labute approximate surface area is 108 Å². The van der Waals surface area contributed by atoms with Gasteiger partial charge in [-0.15, -0.1) is 0 Å². The minimum absolute atomic E-state index is 0.174. The zero-order valence-corrected chi connectivity index (χ0v) is 11.3. The van der Waals surface area contributed by atoms with E-state index in [4.69, 9.17) is 0 Å². The number of para-hydroxylation sites is 1. The predicted molar refractivity (Wildman–Crippen MR) is 72.4 cm³/mol. The van der Waals surface area contributed by atoms with Crippen molar-refractivity contribution in [2.45, 2.75) is 31.9 Å². The molecule has 1 aliphatic heterocycles. The van der Waals surface area contributed by atoms with Gasteiger partial charge in [-0.05, 0) is 25.8 Å². The molecule has 100 valence electrons. The number of aliphatic hydroxyl groups excluding tert-OH is 1. The molecular formula is C13H19NO3S. The molecule has 1 fully saturated rings. The Hall–Kier alpha value is -1.07. The lowest BCUT2D eigenvalue weighted by Gasteiger charge is -2.25. The molecule has 18 heavy (non-hydrogen) atoms. The summed E-state index contributed by atoms with van der Waals surface area (Å²) >= 11 is 0. The molecule has 2 rings (SSSR count). The molecule has 2 N–H and O–H groups in total. The third kappa shape index (κ3) is 3.23. The molecular weight excluding hydrogens is 250 g/mol. The molecule has 0 saturated carbocycles. The number of aliphatic hydroxyl groups is 1. The Morgan fingerprint density at radius 2 is 1.89 bits per heavy atom. The predicted octanol–water partition coefficient (Wildman–Crippen LogP) is 1.73. The summed E-state index contributed by atoms with van der Waals surface area (Å²) in [5, 5.41) is 13.0. The Bertz CT molecular complexity index is 497. The highest BCUT2D eigenvalue weighted by molar-refractivity contribution is 7.91. The minimum atomic E-state index is -2.82. The number of anilines is 1. The van der Waals surface area contributed by atoms with E-state index in [-0.39, 0.29) is 17.5 Å². The number of nitrogens with one attached hydrogen (secondary N) is 1. The summed E-state index contributed by atoms with van der Waals surface area (Å²) in [6, 6.07) is 7.78. The van der Waals surface area contributed by atoms with Gasteiger partial charge in [0.2, 0.25) is 0 Å². The monoisotopic (exact) mass is 269 g/mol. The van der Waals surface area contributed by atoms with Gasteiger partial charge in [0.25, 0.3) is 0 Å². The van der Waals surface area contributed by atoms with Crippen LogP contribution in [0.3, 0.4) is 0 Å². The number of sulfone groups is 1. The van der Waals surface area contributed by atoms with Crippen LogP contribution in [0.15, 0.2) is 24.3 Å². The molecule has 0 spiro atoms. The van der Waals surface area contributed by atoms with Gasteiger partial charge in [-0.25, -0.2) is 8.42 Å². The minimum Gasteiger partial charge on any atom is -0.389 e. The van der Waals surface area contributed by atoms with E-state index in [1.54, 1.807) is 6.92 Å². The van der Waals surface area contributed by atoms with Crippen LogP contribution in [0.4, 0.5) is 5.69 Å². The third-order valence-electron chi connectivity index (χ3n) is 3.33. The Kier molecular flexibility index (Phi) is 3.92. The molecule has 0 bridgehead atoms. The van der Waals surface area contributed by atoms with Gasteiger partial charge >= 0.3 is 0 Å². The maximum atomic E-state index is 11.4. The number of rotatable bonds is 3. The zero-order valence-electron chi connectivity index (χ0n) is 10.5. The van der Waals surface area contributed by atoms with Crippen LogP contribution >= 0.6 is 0 Å². The largest absolute Gasteiger partial charge is 0.389 e. The average Bonchev–Trinajstić information content (AvgIpc) is 2.32. The van der Waals surface area contributed by atoms with Gasteiger partial charge in [0.15, 0.2) is 0 Å². The second kappa shape index (κ2) is 5.28. The van der Waals surface area contributed by atoms with Crippen LogP contribution in [0.25, 0.3) is 0 Å². The molecule has 1 unspecified atom stereocenters. The quantitative estimate of drug-likeness (QED) is 0.877. The Morgan fingerprint density at radius 3 is 2.50 bits per heavy atom. The lowest BCUT2D eigenvalue weighted by Crippen LogP contribution is -2.32. The number of hydrogen-bond acceptors (Lipinski definition) is 4. The first-order chi connectivity index (χ1) is 8.48. The smallest absolute Gasteiger partial charge is 0.150 e. The van der Waals surface area contributed by atoms with Gasteiger partial charge < -0.3 is 10.4 Å². The van der Waals surface area contributed by atoms with Gasteiger partial charge in [-0.1, -0.05) is 18.2 Å². The molecule has 0 aromatic heterocycles. The second-order valence-electron chi connectivity index (χ2n) is 4.83. The summed E-state index contributed by atoms with van der Waals surface area (Å²) in [5.74, 6) is 0.503. The molecule has 1 aromatic carbocycles. The van der Waals surface area contributed by atoms with E-state index in [0.717, 1.165) is 11.3 Å². The van der Waals surface area contributed by atoms with Crippen molar-refractivity contribution in [3.05, 3.63) is 29.8 Å². The van der Waals surface area contributed by atoms with E-state index in [0.29, 0.717) is 12.8 Å². The highest BCUT2D eigenvalue weighted by atomic mass is 32.2. The Balaban J connectivity index is 2.07. The maximum Gasteiger partial charge on any atom is 0.150 e. The fourth-order valence-electron chi connectivity index (χ4n) is 2.25. The molecule has 0 amide bonds. The van der Waals surface area contributed by atoms with Crippen LogP contribution in [-0.2, 0) is 9.84 Å². The van der Waals surface area contributed by atoms with Crippen LogP contribution in [0.2, 0.25) is 0 Å². The van der Waals surface area contributed by atoms with Gasteiger partial charge in [0.05, 0.1) is 17.6 Å². The zero-order chi connectivity index (χ0) is 13.2. The molecule has 1 aromatic rings. The summed E-state index contributed by atoms with van der Waals surface area (Å²) < 4.78 is 22.7. The SMILES string of the molecule is CC(O)c1ccccc1NC1CCS(=O)(=O)CC1. The molecule has 5 heteroatoms. The maximum absolute atomic E-state index is 11.4. The van der Waals surface area contributed by atoms with E-state index in [1.807, 2.05) is 24.3 Å². The number of benzene rings is 1. The average molecular weight is 269 g/mol. The summed E-state index contributed by atoms with van der Waals surface area (Å²) in [6.07, 6.45) is 0.744. The van der Waals surface area contributed by atoms with Gasteiger partial charge in [-0.2, -0.15) is 0 Å². The Morgan fingerprint density at radius 1 is 1.28 bits per heavy atom. The second-order valence-corrected chi connectivity index (χ2v) is 7.14. The van der Waals surface area contributed by atoms with Crippen molar-refractivity contribution in [2.24, 2.45) is 0 Å². The highest BCUT2D eigenvalue weighted by Gasteiger charge is 2.24. The van der Waals surface area contributed by atoms with Crippen molar-refractivity contribution < 1.29 is 13.5 Å². The van der Waals surface area contributed by atoms with Gasteiger partial charge in [0, 0.05) is 17.3 Å². The van der Waals surface area contributed by atoms with E-state index >= 15 is 0 Å². The normalized spacial score (nSPS) is 21.4. The molecule has 0 aliphatic carbocycles. The molecule has 4 nitrogen and oxygen atoms in total. The lowest BCUT2D eigenvalue weighted by molar-refractivity contribution is 0.200. The summed E-state index contributed by atoms with van der Waals surface area (Å²) in [5.41, 5.74) is 1.75. The van der Waals surface area contributed by atoms with E-state index in [2.05, 4.69) is 5.32 Å². The molecule has 1 aliphatic rings. The van der Waals surface area contributed by atoms with Crippen molar-refractivity contribution in [1.82, 2.24) is 0 Å². The third-order valence-corrected chi connectivity index (χ3v) is 5.04. The van der Waals surface area contributed by atoms with Gasteiger partial charge in [0.1, 0.15) is 9.84 Å². The van der Waals surface area contributed by atoms with E-state index in [1.165, 1.54) is 0 Å². The topological polar surface area (TPSA) is 66.4 Å². The molecule has 0 radical (unpaired) electrons. The summed E-state index contributed by atoms with van der Waals surface area (Å²) in [4.78, 5) is 0. The lowest BCUT2D eigenvalue weighted by atomic mass is 10.1. The van der Waals surface area contributed by atoms with Crippen LogP contribution in [0, 0.1) is 0 Å². The standard InChI is InChI=1S/C13H19NO3S/c1-10(15)12-4-2-3-5-13(12)14-11-6-8-18(16,17)9-7-11/h2-5,10-11,14-15H,6-9H2,1H3. The molecule has 1 atom stereocenters. The van der Waals surface area contributed by atoms with Crippen molar-refractivity contribution in [3.8, 4) is 0 Å². The summed E-state index contributed by atoms with van der Waals surface area (Å²) in [7, 11) is -2.82. The van der Waals surface area contributed by atoms with Crippen molar-refractivity contribution >= 4 is 15.5 Å². The summed E-state index contributed by atoms with van der Waals surface area (Å²) in [6.45, 7) is 1.73. The molecule has 1 saturated heterocycles. The fraction of sp³-hybridized carbons (Fsp3) is 0.538. The fourth-order valence-corrected chi connectivity index (χ4v) is 3.74. The first-order valence-electron chi connectivity index (χ1n) is 6.22. The first kappa shape index (κ1) is 13.4. The van der Waals surface area contributed by atoms with Gasteiger partial charge in [-0.3, -0.25) is 0 Å². The first-order valence-corrected chi connectivity index (χ1v) is 8.04. The van der Waals surface area contributed by atoms with E-state index < -0.39 is 15.9 Å². The van der Waals surface area contributed by atoms with Crippen molar-refractivity contribution in [3.63, 3.8) is 0 Å². The van der Waals surface area contributed by atoms with E-state index in [9.17, 15) is 13.5 Å². The van der Waals surface area contributed by atoms with Crippen LogP contribution in [0.1, 0.15) is 31.4 Å². The van der Waals surface area contributed by atoms with Crippen LogP contribution < -0.4 is 5.32 Å².